The maximum absolute atomic E-state index is 13.1. The van der Waals surface area contributed by atoms with Crippen LogP contribution < -0.4 is 4.90 Å². The lowest BCUT2D eigenvalue weighted by molar-refractivity contribution is 0.625. The molecule has 0 saturated carbocycles. The van der Waals surface area contributed by atoms with Gasteiger partial charge in [0, 0.05) is 25.2 Å². The smallest absolute Gasteiger partial charge is 0.125 e. The molecule has 1 rings (SSSR count). The van der Waals surface area contributed by atoms with Crippen molar-refractivity contribution in [3.8, 4) is 0 Å². The van der Waals surface area contributed by atoms with E-state index < -0.39 is 0 Å². The van der Waals surface area contributed by atoms with Crippen LogP contribution in [0.15, 0.2) is 18.2 Å². The van der Waals surface area contributed by atoms with Crippen molar-refractivity contribution in [2.45, 2.75) is 19.2 Å². The summed E-state index contributed by atoms with van der Waals surface area (Å²) in [5, 5.41) is 0. The Labute approximate surface area is 89.5 Å². The van der Waals surface area contributed by atoms with Gasteiger partial charge in [0.1, 0.15) is 5.82 Å². The lowest BCUT2D eigenvalue weighted by atomic mass is 10.2. The summed E-state index contributed by atoms with van der Waals surface area (Å²) in [5.41, 5.74) is 1.71. The zero-order valence-corrected chi connectivity index (χ0v) is 9.31. The molecule has 0 N–H and O–H groups in total. The van der Waals surface area contributed by atoms with Gasteiger partial charge in [-0.3, -0.25) is 0 Å². The minimum absolute atomic E-state index is 0.221. The van der Waals surface area contributed by atoms with Gasteiger partial charge in [-0.15, -0.1) is 11.6 Å². The second-order valence-corrected chi connectivity index (χ2v) is 3.64. The minimum atomic E-state index is -0.221. The molecule has 0 aliphatic rings. The summed E-state index contributed by atoms with van der Waals surface area (Å²) < 4.78 is 13.1. The van der Waals surface area contributed by atoms with E-state index in [1.54, 1.807) is 0 Å². The monoisotopic (exact) mass is 215 g/mol. The number of hydrogen-bond donors (Lipinski definition) is 0. The van der Waals surface area contributed by atoms with Crippen molar-refractivity contribution in [2.75, 3.05) is 18.5 Å². The Morgan fingerprint density at radius 2 is 2.07 bits per heavy atom. The van der Waals surface area contributed by atoms with E-state index in [9.17, 15) is 4.39 Å². The third kappa shape index (κ3) is 2.88. The molecule has 0 bridgehead atoms. The van der Waals surface area contributed by atoms with Gasteiger partial charge in [0.25, 0.3) is 0 Å². The molecular weight excluding hydrogens is 201 g/mol. The van der Waals surface area contributed by atoms with Crippen LogP contribution in [0.3, 0.4) is 0 Å². The highest BCUT2D eigenvalue weighted by molar-refractivity contribution is 6.17. The van der Waals surface area contributed by atoms with Gasteiger partial charge < -0.3 is 4.90 Å². The van der Waals surface area contributed by atoms with Crippen LogP contribution >= 0.6 is 11.6 Å². The molecule has 0 saturated heterocycles. The van der Waals surface area contributed by atoms with Gasteiger partial charge in [-0.25, -0.2) is 4.39 Å². The first kappa shape index (κ1) is 11.3. The van der Waals surface area contributed by atoms with E-state index >= 15 is 0 Å². The number of anilines is 1. The van der Waals surface area contributed by atoms with Crippen LogP contribution in [0.2, 0.25) is 0 Å². The molecule has 78 valence electrons. The average Bonchev–Trinajstić information content (AvgIpc) is 2.17. The fraction of sp³-hybridized carbons (Fsp3) is 0.455. The lowest BCUT2D eigenvalue weighted by Crippen LogP contribution is -2.17. The number of hydrogen-bond acceptors (Lipinski definition) is 1. The Morgan fingerprint density at radius 1 is 1.36 bits per heavy atom. The van der Waals surface area contributed by atoms with Crippen molar-refractivity contribution >= 4 is 17.3 Å². The summed E-state index contributed by atoms with van der Waals surface area (Å²) in [6, 6.07) is 4.92. The Kier molecular flexibility index (Phi) is 4.21. The molecule has 1 aromatic rings. The topological polar surface area (TPSA) is 3.24 Å². The normalized spacial score (nSPS) is 10.3. The molecule has 0 heterocycles. The van der Waals surface area contributed by atoms with E-state index in [1.807, 2.05) is 18.0 Å². The zero-order chi connectivity index (χ0) is 10.6. The number of benzene rings is 1. The van der Waals surface area contributed by atoms with Gasteiger partial charge in [0.15, 0.2) is 0 Å². The maximum Gasteiger partial charge on any atom is 0.125 e. The van der Waals surface area contributed by atoms with Gasteiger partial charge in [0.2, 0.25) is 0 Å². The summed E-state index contributed by atoms with van der Waals surface area (Å²) in [4.78, 5) is 2.03. The number of halogens is 2. The second-order valence-electron chi connectivity index (χ2n) is 3.37. The van der Waals surface area contributed by atoms with Crippen molar-refractivity contribution in [2.24, 2.45) is 0 Å². The highest BCUT2D eigenvalue weighted by atomic mass is 35.5. The molecule has 0 unspecified atom stereocenters. The van der Waals surface area contributed by atoms with Gasteiger partial charge in [-0.1, -0.05) is 6.92 Å². The van der Waals surface area contributed by atoms with Crippen LogP contribution in [0.5, 0.6) is 0 Å². The maximum atomic E-state index is 13.1. The quantitative estimate of drug-likeness (QED) is 0.696. The van der Waals surface area contributed by atoms with Crippen LogP contribution in [0, 0.1) is 5.82 Å². The third-order valence-electron chi connectivity index (χ3n) is 2.10. The molecule has 14 heavy (non-hydrogen) atoms. The SMILES string of the molecule is CCCN(C)c1cc(F)cc(CCl)c1. The van der Waals surface area contributed by atoms with Crippen molar-refractivity contribution in [1.82, 2.24) is 0 Å². The number of alkyl halides is 1. The Hall–Kier alpha value is -0.760. The largest absolute Gasteiger partial charge is 0.375 e. The molecule has 1 nitrogen and oxygen atoms in total. The molecule has 0 fully saturated rings. The second kappa shape index (κ2) is 5.20. The van der Waals surface area contributed by atoms with Crippen molar-refractivity contribution in [3.05, 3.63) is 29.6 Å². The highest BCUT2D eigenvalue weighted by Gasteiger charge is 2.03. The minimum Gasteiger partial charge on any atom is -0.375 e. The summed E-state index contributed by atoms with van der Waals surface area (Å²) in [6.07, 6.45) is 1.04. The van der Waals surface area contributed by atoms with E-state index in [0.29, 0.717) is 5.88 Å². The standard InChI is InChI=1S/C11H15ClFN/c1-3-4-14(2)11-6-9(8-12)5-10(13)7-11/h5-7H,3-4,8H2,1-2H3. The van der Waals surface area contributed by atoms with Crippen LogP contribution in [0.4, 0.5) is 10.1 Å². The van der Waals surface area contributed by atoms with Crippen LogP contribution in [-0.4, -0.2) is 13.6 Å². The summed E-state index contributed by atoms with van der Waals surface area (Å²) >= 11 is 5.67. The van der Waals surface area contributed by atoms with Crippen molar-refractivity contribution in [1.29, 1.82) is 0 Å². The molecular formula is C11H15ClFN. The Bertz CT molecular complexity index is 301. The number of rotatable bonds is 4. The summed E-state index contributed by atoms with van der Waals surface area (Å²) in [7, 11) is 1.95. The zero-order valence-electron chi connectivity index (χ0n) is 8.56. The number of nitrogens with zero attached hydrogens (tertiary/aromatic N) is 1. The third-order valence-corrected chi connectivity index (χ3v) is 2.41. The van der Waals surface area contributed by atoms with Gasteiger partial charge in [-0.05, 0) is 30.2 Å². The molecule has 0 spiro atoms. The fourth-order valence-corrected chi connectivity index (χ4v) is 1.55. The highest BCUT2D eigenvalue weighted by Crippen LogP contribution is 2.18. The molecule has 0 amide bonds. The molecule has 3 heteroatoms. The van der Waals surface area contributed by atoms with E-state index in [4.69, 9.17) is 11.6 Å². The molecule has 0 atom stereocenters. The fourth-order valence-electron chi connectivity index (χ4n) is 1.40. The Morgan fingerprint density at radius 3 is 2.64 bits per heavy atom. The molecule has 0 aromatic heterocycles. The van der Waals surface area contributed by atoms with E-state index in [-0.39, 0.29) is 5.82 Å². The average molecular weight is 216 g/mol. The molecule has 0 aliphatic carbocycles. The first-order valence-corrected chi connectivity index (χ1v) is 5.27. The summed E-state index contributed by atoms with van der Waals surface area (Å²) in [6.45, 7) is 3.02. The molecule has 0 aliphatic heterocycles. The first-order chi connectivity index (χ1) is 6.67. The van der Waals surface area contributed by atoms with Gasteiger partial charge in [0.05, 0.1) is 0 Å². The lowest BCUT2D eigenvalue weighted by Gasteiger charge is -2.19. The van der Waals surface area contributed by atoms with Crippen molar-refractivity contribution in [3.63, 3.8) is 0 Å². The van der Waals surface area contributed by atoms with Gasteiger partial charge in [-0.2, -0.15) is 0 Å². The van der Waals surface area contributed by atoms with Crippen LogP contribution in [0.25, 0.3) is 0 Å². The van der Waals surface area contributed by atoms with Gasteiger partial charge >= 0.3 is 0 Å². The predicted octanol–water partition coefficient (Wildman–Crippen LogP) is 3.41. The molecule has 0 radical (unpaired) electrons. The van der Waals surface area contributed by atoms with Crippen LogP contribution in [-0.2, 0) is 5.88 Å². The first-order valence-electron chi connectivity index (χ1n) is 4.74. The van der Waals surface area contributed by atoms with E-state index in [1.165, 1.54) is 12.1 Å². The predicted molar refractivity (Wildman–Crippen MR) is 59.5 cm³/mol. The Balaban J connectivity index is 2.90. The summed E-state index contributed by atoms with van der Waals surface area (Å²) in [5.74, 6) is 0.131. The van der Waals surface area contributed by atoms with Crippen molar-refractivity contribution < 1.29 is 4.39 Å². The van der Waals surface area contributed by atoms with E-state index in [2.05, 4.69) is 6.92 Å². The molecule has 1 aromatic carbocycles. The van der Waals surface area contributed by atoms with Crippen LogP contribution in [0.1, 0.15) is 18.9 Å². The van der Waals surface area contributed by atoms with E-state index in [0.717, 1.165) is 24.2 Å².